The number of hydrogen-bond acceptors (Lipinski definition) is 4. The summed E-state index contributed by atoms with van der Waals surface area (Å²) in [4.78, 5) is 0. The summed E-state index contributed by atoms with van der Waals surface area (Å²) in [5.74, 6) is 3.75. The highest BCUT2D eigenvalue weighted by Crippen LogP contribution is 2.31. The summed E-state index contributed by atoms with van der Waals surface area (Å²) in [6.07, 6.45) is 1.21. The molecule has 0 aromatic heterocycles. The largest absolute Gasteiger partial charge is 0.486 e. The lowest BCUT2D eigenvalue weighted by Crippen LogP contribution is -2.31. The average molecular weight is 253 g/mol. The van der Waals surface area contributed by atoms with E-state index in [1.807, 2.05) is 43.0 Å². The topological polar surface area (TPSA) is 44.5 Å². The van der Waals surface area contributed by atoms with Crippen molar-refractivity contribution in [3.8, 4) is 11.5 Å². The maximum Gasteiger partial charge on any atom is 0.161 e. The second-order valence-corrected chi connectivity index (χ2v) is 5.49. The molecule has 2 N–H and O–H groups in total. The van der Waals surface area contributed by atoms with Crippen molar-refractivity contribution < 1.29 is 9.47 Å². The Morgan fingerprint density at radius 3 is 2.94 bits per heavy atom. The van der Waals surface area contributed by atoms with Crippen molar-refractivity contribution in [2.24, 2.45) is 5.73 Å². The van der Waals surface area contributed by atoms with Crippen LogP contribution in [0.15, 0.2) is 24.3 Å². The van der Waals surface area contributed by atoms with Crippen LogP contribution in [0.1, 0.15) is 13.3 Å². The zero-order chi connectivity index (χ0) is 12.1. The molecule has 4 heteroatoms. The van der Waals surface area contributed by atoms with E-state index in [4.69, 9.17) is 15.2 Å². The lowest BCUT2D eigenvalue weighted by molar-refractivity contribution is 0.107. The second kappa shape index (κ2) is 6.17. The second-order valence-electron chi connectivity index (χ2n) is 4.34. The van der Waals surface area contributed by atoms with Crippen LogP contribution in [0.4, 0.5) is 0 Å². The molecule has 0 bridgehead atoms. The highest BCUT2D eigenvalue weighted by atomic mass is 32.2. The fourth-order valence-corrected chi connectivity index (χ4v) is 2.76. The Labute approximate surface area is 107 Å². The molecule has 1 aromatic carbocycles. The third kappa shape index (κ3) is 3.82. The fraction of sp³-hybridized carbons (Fsp3) is 0.538. The zero-order valence-electron chi connectivity index (χ0n) is 10.1. The molecule has 2 rings (SSSR count). The summed E-state index contributed by atoms with van der Waals surface area (Å²) in [5, 5.41) is 0. The Morgan fingerprint density at radius 2 is 2.18 bits per heavy atom. The van der Waals surface area contributed by atoms with Gasteiger partial charge in [-0.15, -0.1) is 0 Å². The third-order valence-electron chi connectivity index (χ3n) is 2.59. The Bertz CT molecular complexity index is 357. The smallest absolute Gasteiger partial charge is 0.161 e. The van der Waals surface area contributed by atoms with Crippen LogP contribution in [0.3, 0.4) is 0 Å². The molecule has 17 heavy (non-hydrogen) atoms. The van der Waals surface area contributed by atoms with Gasteiger partial charge in [-0.05, 0) is 31.2 Å². The minimum Gasteiger partial charge on any atom is -0.486 e. The maximum absolute atomic E-state index is 5.86. The van der Waals surface area contributed by atoms with Gasteiger partial charge in [-0.3, -0.25) is 0 Å². The van der Waals surface area contributed by atoms with Gasteiger partial charge >= 0.3 is 0 Å². The van der Waals surface area contributed by atoms with E-state index in [-0.39, 0.29) is 12.1 Å². The van der Waals surface area contributed by atoms with Crippen molar-refractivity contribution in [3.63, 3.8) is 0 Å². The van der Waals surface area contributed by atoms with Crippen LogP contribution in [0.2, 0.25) is 0 Å². The number of fused-ring (bicyclic) bond motifs is 1. The van der Waals surface area contributed by atoms with Crippen molar-refractivity contribution in [2.45, 2.75) is 25.5 Å². The minimum absolute atomic E-state index is 0.156. The molecule has 0 amide bonds. The van der Waals surface area contributed by atoms with E-state index in [1.54, 1.807) is 0 Å². The predicted molar refractivity (Wildman–Crippen MR) is 71.9 cm³/mol. The van der Waals surface area contributed by atoms with Crippen LogP contribution in [0.25, 0.3) is 0 Å². The van der Waals surface area contributed by atoms with Gasteiger partial charge in [0.1, 0.15) is 12.7 Å². The summed E-state index contributed by atoms with van der Waals surface area (Å²) in [6, 6.07) is 8.10. The number of thioether (sulfide) groups is 1. The quantitative estimate of drug-likeness (QED) is 0.818. The van der Waals surface area contributed by atoms with Crippen molar-refractivity contribution in [3.05, 3.63) is 24.3 Å². The first-order chi connectivity index (χ1) is 8.25. The van der Waals surface area contributed by atoms with E-state index < -0.39 is 0 Å². The molecule has 94 valence electrons. The highest BCUT2D eigenvalue weighted by molar-refractivity contribution is 7.99. The van der Waals surface area contributed by atoms with Crippen LogP contribution >= 0.6 is 11.8 Å². The number of benzene rings is 1. The summed E-state index contributed by atoms with van der Waals surface area (Å²) in [5.41, 5.74) is 5.71. The van der Waals surface area contributed by atoms with Crippen molar-refractivity contribution in [2.75, 3.05) is 18.1 Å². The van der Waals surface area contributed by atoms with E-state index >= 15 is 0 Å². The molecule has 1 aliphatic heterocycles. The summed E-state index contributed by atoms with van der Waals surface area (Å²) < 4.78 is 11.5. The molecule has 0 spiro atoms. The SMILES string of the molecule is CC(N)CCSCC1COc2ccccc2O1. The van der Waals surface area contributed by atoms with Crippen LogP contribution in [0, 0.1) is 0 Å². The highest BCUT2D eigenvalue weighted by Gasteiger charge is 2.20. The molecule has 2 unspecified atom stereocenters. The van der Waals surface area contributed by atoms with Crippen molar-refractivity contribution in [1.29, 1.82) is 0 Å². The fourth-order valence-electron chi connectivity index (χ4n) is 1.63. The average Bonchev–Trinajstić information content (AvgIpc) is 2.34. The molecular weight excluding hydrogens is 234 g/mol. The summed E-state index contributed by atoms with van der Waals surface area (Å²) in [6.45, 7) is 2.68. The van der Waals surface area contributed by atoms with Crippen LogP contribution in [-0.4, -0.2) is 30.3 Å². The van der Waals surface area contributed by atoms with E-state index in [0.717, 1.165) is 29.4 Å². The number of ether oxygens (including phenoxy) is 2. The van der Waals surface area contributed by atoms with Gasteiger partial charge in [0.15, 0.2) is 11.5 Å². The minimum atomic E-state index is 0.156. The lowest BCUT2D eigenvalue weighted by Gasteiger charge is -2.26. The Kier molecular flexibility index (Phi) is 4.57. The molecule has 0 radical (unpaired) electrons. The van der Waals surface area contributed by atoms with Crippen LogP contribution in [-0.2, 0) is 0 Å². The normalized spacial score (nSPS) is 20.0. The predicted octanol–water partition coefficient (Wildman–Crippen LogP) is 2.30. The van der Waals surface area contributed by atoms with E-state index in [1.165, 1.54) is 0 Å². The van der Waals surface area contributed by atoms with Gasteiger partial charge in [0.2, 0.25) is 0 Å². The van der Waals surface area contributed by atoms with Gasteiger partial charge in [-0.2, -0.15) is 11.8 Å². The van der Waals surface area contributed by atoms with Crippen LogP contribution in [0.5, 0.6) is 11.5 Å². The number of para-hydroxylation sites is 2. The standard InChI is InChI=1S/C13H19NO2S/c1-10(14)6-7-17-9-11-8-15-12-4-2-3-5-13(12)16-11/h2-5,10-11H,6-9,14H2,1H3. The monoisotopic (exact) mass is 253 g/mol. The van der Waals surface area contributed by atoms with Gasteiger partial charge in [0.25, 0.3) is 0 Å². The third-order valence-corrected chi connectivity index (χ3v) is 3.72. The molecular formula is C13H19NO2S. The first kappa shape index (κ1) is 12.6. The first-order valence-electron chi connectivity index (χ1n) is 5.97. The van der Waals surface area contributed by atoms with Crippen LogP contribution < -0.4 is 15.2 Å². The molecule has 3 nitrogen and oxygen atoms in total. The molecule has 2 atom stereocenters. The summed E-state index contributed by atoms with van der Waals surface area (Å²) >= 11 is 1.88. The van der Waals surface area contributed by atoms with Gasteiger partial charge in [-0.1, -0.05) is 12.1 Å². The van der Waals surface area contributed by atoms with Crippen molar-refractivity contribution >= 4 is 11.8 Å². The van der Waals surface area contributed by atoms with Gasteiger partial charge < -0.3 is 15.2 Å². The number of rotatable bonds is 5. The van der Waals surface area contributed by atoms with E-state index in [9.17, 15) is 0 Å². The Morgan fingerprint density at radius 1 is 1.41 bits per heavy atom. The number of nitrogens with two attached hydrogens (primary N) is 1. The van der Waals surface area contributed by atoms with E-state index in [0.29, 0.717) is 6.61 Å². The molecule has 1 aromatic rings. The molecule has 1 heterocycles. The summed E-state index contributed by atoms with van der Waals surface area (Å²) in [7, 11) is 0. The maximum atomic E-state index is 5.86. The van der Waals surface area contributed by atoms with E-state index in [2.05, 4.69) is 0 Å². The molecule has 0 aliphatic carbocycles. The molecule has 0 saturated carbocycles. The van der Waals surface area contributed by atoms with Gasteiger partial charge in [-0.25, -0.2) is 0 Å². The number of hydrogen-bond donors (Lipinski definition) is 1. The van der Waals surface area contributed by atoms with Gasteiger partial charge in [0, 0.05) is 11.8 Å². The molecule has 0 saturated heterocycles. The van der Waals surface area contributed by atoms with Gasteiger partial charge in [0.05, 0.1) is 0 Å². The zero-order valence-corrected chi connectivity index (χ0v) is 10.9. The lowest BCUT2D eigenvalue weighted by atomic mass is 10.3. The first-order valence-corrected chi connectivity index (χ1v) is 7.13. The Hall–Kier alpha value is -0.870. The molecule has 0 fully saturated rings. The van der Waals surface area contributed by atoms with Crippen molar-refractivity contribution in [1.82, 2.24) is 0 Å². The molecule has 1 aliphatic rings. The Balaban J connectivity index is 1.75.